The van der Waals surface area contributed by atoms with Gasteiger partial charge in [-0.2, -0.15) is 0 Å². The predicted octanol–water partition coefficient (Wildman–Crippen LogP) is 0.710. The van der Waals surface area contributed by atoms with Crippen molar-refractivity contribution < 1.29 is 14.7 Å². The van der Waals surface area contributed by atoms with Crippen LogP contribution in [-0.4, -0.2) is 23.5 Å². The minimum Gasteiger partial charge on any atom is -0.478 e. The van der Waals surface area contributed by atoms with E-state index in [0.717, 1.165) is 0 Å². The Morgan fingerprint density at radius 2 is 1.92 bits per heavy atom. The average Bonchev–Trinajstić information content (AvgIpc) is 2.11. The molecule has 0 heterocycles. The summed E-state index contributed by atoms with van der Waals surface area (Å²) in [5.74, 6) is -1.45. The molecular weight excluding hydrogens is 170 g/mol. The highest BCUT2D eigenvalue weighted by atomic mass is 16.4. The number of carboxylic acid groups (broad SMARTS) is 1. The van der Waals surface area contributed by atoms with E-state index in [1.165, 1.54) is 19.9 Å². The quantitative estimate of drug-likeness (QED) is 0.498. The number of carbonyl (C=O) groups is 2. The fourth-order valence-corrected chi connectivity index (χ4v) is 0.628. The van der Waals surface area contributed by atoms with Gasteiger partial charge in [0.2, 0.25) is 5.91 Å². The van der Waals surface area contributed by atoms with E-state index in [-0.39, 0.29) is 17.1 Å². The van der Waals surface area contributed by atoms with Gasteiger partial charge in [-0.25, -0.2) is 4.79 Å². The second kappa shape index (κ2) is 5.13. The van der Waals surface area contributed by atoms with Crippen LogP contribution in [0, 0.1) is 0 Å². The van der Waals surface area contributed by atoms with Gasteiger partial charge in [-0.1, -0.05) is 6.08 Å². The Kier molecular flexibility index (Phi) is 4.51. The van der Waals surface area contributed by atoms with Gasteiger partial charge < -0.3 is 10.4 Å². The van der Waals surface area contributed by atoms with E-state index in [0.29, 0.717) is 6.54 Å². The molecule has 0 rings (SSSR count). The van der Waals surface area contributed by atoms with Gasteiger partial charge in [-0.3, -0.25) is 4.79 Å². The molecule has 13 heavy (non-hydrogen) atoms. The molecule has 0 saturated heterocycles. The van der Waals surface area contributed by atoms with Crippen molar-refractivity contribution in [2.75, 3.05) is 6.54 Å². The van der Waals surface area contributed by atoms with Crippen LogP contribution in [0.4, 0.5) is 0 Å². The zero-order chi connectivity index (χ0) is 10.4. The maximum atomic E-state index is 11.2. The summed E-state index contributed by atoms with van der Waals surface area (Å²) in [6.07, 6.45) is 1.53. The standard InChI is InChI=1S/C9H13NO3/c1-4-5-10-8(11)6(2)7(3)9(12)13/h4H,1,5H2,2-3H3,(H,10,11)(H,12,13)/b7-6-. The van der Waals surface area contributed by atoms with Gasteiger partial charge in [0, 0.05) is 17.7 Å². The molecule has 0 spiro atoms. The number of carboxylic acids is 1. The maximum absolute atomic E-state index is 11.2. The molecule has 72 valence electrons. The molecular formula is C9H13NO3. The van der Waals surface area contributed by atoms with E-state index in [1.54, 1.807) is 0 Å². The smallest absolute Gasteiger partial charge is 0.331 e. The van der Waals surface area contributed by atoms with E-state index in [2.05, 4.69) is 11.9 Å². The van der Waals surface area contributed by atoms with Crippen LogP contribution in [-0.2, 0) is 9.59 Å². The first kappa shape index (κ1) is 11.4. The van der Waals surface area contributed by atoms with E-state index in [1.807, 2.05) is 0 Å². The number of hydrogen-bond donors (Lipinski definition) is 2. The van der Waals surface area contributed by atoms with Crippen molar-refractivity contribution in [3.05, 3.63) is 23.8 Å². The molecule has 4 heteroatoms. The lowest BCUT2D eigenvalue weighted by atomic mass is 10.1. The lowest BCUT2D eigenvalue weighted by molar-refractivity contribution is -0.133. The molecule has 0 aliphatic carbocycles. The number of aliphatic carboxylic acids is 1. The Bertz CT molecular complexity index is 266. The number of rotatable bonds is 4. The van der Waals surface area contributed by atoms with Crippen LogP contribution >= 0.6 is 0 Å². The first-order valence-electron chi connectivity index (χ1n) is 3.80. The topological polar surface area (TPSA) is 66.4 Å². The second-order valence-corrected chi connectivity index (χ2v) is 2.55. The van der Waals surface area contributed by atoms with Crippen molar-refractivity contribution in [2.45, 2.75) is 13.8 Å². The molecule has 0 aromatic rings. The first-order chi connectivity index (χ1) is 6.00. The van der Waals surface area contributed by atoms with Crippen molar-refractivity contribution in [1.29, 1.82) is 0 Å². The summed E-state index contributed by atoms with van der Waals surface area (Å²) in [6.45, 7) is 6.63. The van der Waals surface area contributed by atoms with E-state index in [9.17, 15) is 9.59 Å². The third-order valence-electron chi connectivity index (χ3n) is 1.63. The van der Waals surface area contributed by atoms with Crippen LogP contribution in [0.2, 0.25) is 0 Å². The van der Waals surface area contributed by atoms with E-state index in [4.69, 9.17) is 5.11 Å². The first-order valence-corrected chi connectivity index (χ1v) is 3.80. The molecule has 2 N–H and O–H groups in total. The molecule has 0 aliphatic heterocycles. The van der Waals surface area contributed by atoms with Crippen molar-refractivity contribution in [3.8, 4) is 0 Å². The Labute approximate surface area is 76.9 Å². The Balaban J connectivity index is 4.48. The van der Waals surface area contributed by atoms with Gasteiger partial charge in [-0.05, 0) is 13.8 Å². The minimum atomic E-state index is -1.08. The summed E-state index contributed by atoms with van der Waals surface area (Å²) < 4.78 is 0. The van der Waals surface area contributed by atoms with Gasteiger partial charge in [0.05, 0.1) is 0 Å². The van der Waals surface area contributed by atoms with Gasteiger partial charge in [0.15, 0.2) is 0 Å². The molecule has 0 radical (unpaired) electrons. The SMILES string of the molecule is C=CCNC(=O)/C(C)=C(/C)C(=O)O. The number of carbonyl (C=O) groups excluding carboxylic acids is 1. The van der Waals surface area contributed by atoms with Crippen molar-refractivity contribution in [3.63, 3.8) is 0 Å². The summed E-state index contributed by atoms with van der Waals surface area (Å²) >= 11 is 0. The molecule has 0 aromatic carbocycles. The highest BCUT2D eigenvalue weighted by Gasteiger charge is 2.11. The number of hydrogen-bond acceptors (Lipinski definition) is 2. The zero-order valence-electron chi connectivity index (χ0n) is 7.76. The summed E-state index contributed by atoms with van der Waals surface area (Å²) in [4.78, 5) is 21.6. The molecule has 0 aromatic heterocycles. The Morgan fingerprint density at radius 1 is 1.38 bits per heavy atom. The molecule has 1 amide bonds. The molecule has 0 saturated carbocycles. The van der Waals surface area contributed by atoms with Gasteiger partial charge in [0.1, 0.15) is 0 Å². The second-order valence-electron chi connectivity index (χ2n) is 2.55. The van der Waals surface area contributed by atoms with E-state index >= 15 is 0 Å². The third-order valence-corrected chi connectivity index (χ3v) is 1.63. The van der Waals surface area contributed by atoms with Crippen molar-refractivity contribution in [2.24, 2.45) is 0 Å². The predicted molar refractivity (Wildman–Crippen MR) is 49.2 cm³/mol. The highest BCUT2D eigenvalue weighted by Crippen LogP contribution is 2.02. The molecule has 0 aliphatic rings. The highest BCUT2D eigenvalue weighted by molar-refractivity contribution is 6.01. The lowest BCUT2D eigenvalue weighted by Crippen LogP contribution is -2.25. The Morgan fingerprint density at radius 3 is 2.31 bits per heavy atom. The summed E-state index contributed by atoms with van der Waals surface area (Å²) in [5, 5.41) is 11.1. The fraction of sp³-hybridized carbons (Fsp3) is 0.333. The number of amides is 1. The molecule has 0 unspecified atom stereocenters. The van der Waals surface area contributed by atoms with E-state index < -0.39 is 5.97 Å². The maximum Gasteiger partial charge on any atom is 0.331 e. The van der Waals surface area contributed by atoms with Crippen LogP contribution < -0.4 is 5.32 Å². The average molecular weight is 183 g/mol. The van der Waals surface area contributed by atoms with Gasteiger partial charge in [-0.15, -0.1) is 6.58 Å². The van der Waals surface area contributed by atoms with Crippen LogP contribution in [0.1, 0.15) is 13.8 Å². The lowest BCUT2D eigenvalue weighted by Gasteiger charge is -2.03. The van der Waals surface area contributed by atoms with Crippen LogP contribution in [0.25, 0.3) is 0 Å². The normalized spacial score (nSPS) is 11.5. The molecule has 4 nitrogen and oxygen atoms in total. The van der Waals surface area contributed by atoms with Crippen LogP contribution in [0.5, 0.6) is 0 Å². The summed E-state index contributed by atoms with van der Waals surface area (Å²) in [7, 11) is 0. The monoisotopic (exact) mass is 183 g/mol. The third kappa shape index (κ3) is 3.55. The van der Waals surface area contributed by atoms with Crippen molar-refractivity contribution >= 4 is 11.9 Å². The van der Waals surface area contributed by atoms with Crippen LogP contribution in [0.15, 0.2) is 23.8 Å². The molecule has 0 atom stereocenters. The zero-order valence-corrected chi connectivity index (χ0v) is 7.76. The summed E-state index contributed by atoms with van der Waals surface area (Å²) in [5.41, 5.74) is 0.274. The molecule has 0 fully saturated rings. The number of nitrogens with one attached hydrogen (secondary N) is 1. The summed E-state index contributed by atoms with van der Waals surface area (Å²) in [6, 6.07) is 0. The molecule has 0 bridgehead atoms. The van der Waals surface area contributed by atoms with Crippen molar-refractivity contribution in [1.82, 2.24) is 5.32 Å². The fourth-order valence-electron chi connectivity index (χ4n) is 0.628. The van der Waals surface area contributed by atoms with Gasteiger partial charge in [0.25, 0.3) is 0 Å². The van der Waals surface area contributed by atoms with Gasteiger partial charge >= 0.3 is 5.97 Å². The minimum absolute atomic E-state index is 0.0570. The largest absolute Gasteiger partial charge is 0.478 e. The van der Waals surface area contributed by atoms with Crippen LogP contribution in [0.3, 0.4) is 0 Å². The Hall–Kier alpha value is -1.58.